The largest absolute Gasteiger partial charge is 1.00 e. The molecule has 82 heavy (non-hydrogen) atoms. The summed E-state index contributed by atoms with van der Waals surface area (Å²) in [7, 11) is 6.53. The van der Waals surface area contributed by atoms with Crippen molar-refractivity contribution in [3.8, 4) is 0 Å². The van der Waals surface area contributed by atoms with Crippen LogP contribution < -0.4 is 119 Å². The molecule has 2 N–H and O–H groups in total. The Hall–Kier alpha value is 0.523. The monoisotopic (exact) mass is 1240 g/mol. The third kappa shape index (κ3) is 25.8. The first kappa shape index (κ1) is 76.8. The molecular formula is C60H108K2N9O9S2+3. The van der Waals surface area contributed by atoms with Crippen LogP contribution in [0, 0.1) is 22.7 Å². The molecule has 0 bridgehead atoms. The number of likely N-dealkylation sites (tertiary alicyclic amines) is 1. The summed E-state index contributed by atoms with van der Waals surface area (Å²) in [5.74, 6) is 0.578. The molecule has 0 aromatic carbocycles. The fourth-order valence-electron chi connectivity index (χ4n) is 13.8. The maximum Gasteiger partial charge on any atom is 1.00 e. The van der Waals surface area contributed by atoms with Crippen LogP contribution in [0.15, 0.2) is 33.9 Å². The molecule has 0 aromatic heterocycles. The first-order valence-corrected chi connectivity index (χ1v) is 33.2. The number of carbonyl (C=O) groups is 2. The molecule has 458 valence electrons. The molecule has 2 saturated heterocycles. The van der Waals surface area contributed by atoms with E-state index in [-0.39, 0.29) is 143 Å². The zero-order chi connectivity index (χ0) is 58.2. The van der Waals surface area contributed by atoms with Gasteiger partial charge in [-0.25, -0.2) is 23.0 Å². The molecule has 3 heterocycles. The van der Waals surface area contributed by atoms with Crippen molar-refractivity contribution < 1.29 is 158 Å². The van der Waals surface area contributed by atoms with Gasteiger partial charge in [0.25, 0.3) is 0 Å². The summed E-state index contributed by atoms with van der Waals surface area (Å²) in [6, 6.07) is 3.38. The maximum atomic E-state index is 13.0. The number of ether oxygens (including phenoxy) is 1. The van der Waals surface area contributed by atoms with Gasteiger partial charge in [-0.05, 0) is 130 Å². The summed E-state index contributed by atoms with van der Waals surface area (Å²) in [5, 5.41) is 20.1. The Morgan fingerprint density at radius 3 is 2.15 bits per heavy atom. The number of nitrogens with one attached hydrogen (secondary N) is 2. The molecule has 3 aliphatic heterocycles. The second-order valence-corrected chi connectivity index (χ2v) is 29.0. The summed E-state index contributed by atoms with van der Waals surface area (Å²) in [4.78, 5) is 39.0. The first-order valence-electron chi connectivity index (χ1n) is 30.9. The normalized spacial score (nSPS) is 24.4. The summed E-state index contributed by atoms with van der Waals surface area (Å²) in [6.07, 6.45) is 24.8. The number of rotatable bonds is 37. The number of quaternary nitrogens is 2. The molecule has 18 nitrogen and oxygen atoms in total. The molecule has 22 heteroatoms. The zero-order valence-corrected chi connectivity index (χ0v) is 60.9. The van der Waals surface area contributed by atoms with E-state index in [1.807, 2.05) is 14.1 Å². The average molecular weight is 1240 g/mol. The van der Waals surface area contributed by atoms with E-state index in [1.54, 1.807) is 0 Å². The van der Waals surface area contributed by atoms with E-state index < -0.39 is 15.4 Å². The molecule has 5 rings (SSSR count). The predicted octanol–water partition coefficient (Wildman–Crippen LogP) is 1.13. The van der Waals surface area contributed by atoms with Crippen LogP contribution >= 0.6 is 12.0 Å². The van der Waals surface area contributed by atoms with Crippen LogP contribution in [-0.4, -0.2) is 209 Å². The Bertz CT molecular complexity index is 2190. The van der Waals surface area contributed by atoms with E-state index in [4.69, 9.17) is 9.07 Å². The molecule has 0 spiro atoms. The van der Waals surface area contributed by atoms with Gasteiger partial charge in [-0.2, -0.15) is 4.33 Å². The number of hydrogen-bond acceptors (Lipinski definition) is 14. The second kappa shape index (κ2) is 38.9. The van der Waals surface area contributed by atoms with Crippen molar-refractivity contribution in [2.45, 2.75) is 185 Å². The van der Waals surface area contributed by atoms with Gasteiger partial charge in [-0.1, -0.05) is 32.8 Å². The van der Waals surface area contributed by atoms with Gasteiger partial charge >= 0.3 is 103 Å². The zero-order valence-electron chi connectivity index (χ0n) is 53.1. The third-order valence-corrected chi connectivity index (χ3v) is 20.7. The van der Waals surface area contributed by atoms with Crippen molar-refractivity contribution in [2.24, 2.45) is 32.7 Å². The van der Waals surface area contributed by atoms with Crippen molar-refractivity contribution >= 4 is 45.7 Å². The topological polar surface area (TPSA) is 200 Å². The minimum absolute atomic E-state index is 0. The van der Waals surface area contributed by atoms with Crippen LogP contribution in [0.5, 0.6) is 0 Å². The summed E-state index contributed by atoms with van der Waals surface area (Å²) in [5.41, 5.74) is 1.92. The molecule has 2 amide bonds. The van der Waals surface area contributed by atoms with Crippen LogP contribution in [0.1, 0.15) is 163 Å². The van der Waals surface area contributed by atoms with Crippen molar-refractivity contribution in [1.82, 2.24) is 20.4 Å². The van der Waals surface area contributed by atoms with Crippen LogP contribution in [0.25, 0.3) is 0 Å². The Labute approximate surface area is 585 Å². The summed E-state index contributed by atoms with van der Waals surface area (Å²) < 4.78 is 52.2. The SMILES string of the molecule is CN(C)CCCNC(=O)CCCCC[N+]1=C(/C=C/C=C2\N(CCCCCC(=O)NCCC[N+](C)(C)CCCCCCN=C=NCCC[N+]3(C)CCOCC3)C3CCC(S(=O)(=O)[O-])CC3C2(C)C)C(C)(C)C2CC(SOO[O-])CCC21.[K+].[K+]. The molecular weight excluding hydrogens is 1130 g/mol. The minimum atomic E-state index is -4.41. The van der Waals surface area contributed by atoms with Gasteiger partial charge in [0, 0.05) is 116 Å². The quantitative estimate of drug-likeness (QED) is 0.0104. The van der Waals surface area contributed by atoms with E-state index in [0.29, 0.717) is 57.2 Å². The van der Waals surface area contributed by atoms with Gasteiger partial charge in [0.15, 0.2) is 11.8 Å². The van der Waals surface area contributed by atoms with Gasteiger partial charge in [0.05, 0.1) is 82.1 Å². The number of aliphatic imine (C=N–C) groups is 2. The number of morpholine rings is 1. The van der Waals surface area contributed by atoms with Crippen molar-refractivity contribution in [1.29, 1.82) is 0 Å². The standard InChI is InChI=1S/C60H107N9O9S2.2K/c1-59(2)51-46-49(79-78-77-72)28-30-53(51)66(37-17-12-14-26-57(70)63-34-21-36-65(5)6)55(59)24-20-25-56-60(3,4)52-47-50(80(73,74)75)29-31-54(52)67(56)38-18-13-15-27-58(71)64-35-23-40-68(7,8)39-19-11-10-16-32-61-48-62-33-22-41-69(9)42-44-76-45-43-69;;/h20,24-25,49-54H,10-19,21-23,26-47H2,1-9H3,(H-3,63,64,70,71,72,73,74,75);;/q;2*+1/p+1. The van der Waals surface area contributed by atoms with E-state index in [0.717, 1.165) is 190 Å². The molecule has 5 aliphatic rings. The molecule has 0 aromatic rings. The maximum absolute atomic E-state index is 13.0. The molecule has 0 radical (unpaired) electrons. The molecule has 2 aliphatic carbocycles. The van der Waals surface area contributed by atoms with E-state index >= 15 is 0 Å². The number of carbonyl (C=O) groups excluding carboxylic acids is 2. The van der Waals surface area contributed by atoms with Gasteiger partial charge in [-0.15, -0.1) is 0 Å². The fourth-order valence-corrected chi connectivity index (χ4v) is 15.3. The third-order valence-electron chi connectivity index (χ3n) is 18.7. The number of allylic oxidation sites excluding steroid dienone is 4. The number of nitrogens with zero attached hydrogens (tertiary/aromatic N) is 7. The van der Waals surface area contributed by atoms with Crippen LogP contribution in [0.4, 0.5) is 0 Å². The van der Waals surface area contributed by atoms with Crippen molar-refractivity contribution in [3.05, 3.63) is 23.9 Å². The van der Waals surface area contributed by atoms with Crippen molar-refractivity contribution in [3.63, 3.8) is 0 Å². The van der Waals surface area contributed by atoms with Crippen LogP contribution in [0.3, 0.4) is 0 Å². The average Bonchev–Trinajstić information content (AvgIpc) is 3.99. The minimum Gasteiger partial charge on any atom is -0.748 e. The predicted molar refractivity (Wildman–Crippen MR) is 318 cm³/mol. The van der Waals surface area contributed by atoms with Crippen molar-refractivity contribution in [2.75, 3.05) is 127 Å². The molecule has 6 atom stereocenters. The van der Waals surface area contributed by atoms with Gasteiger partial charge in [-0.3, -0.25) is 14.6 Å². The number of fused-ring (bicyclic) bond motifs is 2. The summed E-state index contributed by atoms with van der Waals surface area (Å²) in [6.45, 7) is 21.8. The first-order chi connectivity index (χ1) is 38.1. The van der Waals surface area contributed by atoms with Crippen LogP contribution in [0.2, 0.25) is 0 Å². The Morgan fingerprint density at radius 2 is 1.48 bits per heavy atom. The Kier molecular flexibility index (Phi) is 36.4. The molecule has 2 saturated carbocycles. The second-order valence-electron chi connectivity index (χ2n) is 26.3. The van der Waals surface area contributed by atoms with E-state index in [2.05, 4.69) is 113 Å². The van der Waals surface area contributed by atoms with E-state index in [9.17, 15) is 27.8 Å². The fraction of sp³-hybridized carbons (Fsp3) is 0.867. The van der Waals surface area contributed by atoms with Gasteiger partial charge < -0.3 is 43.9 Å². The summed E-state index contributed by atoms with van der Waals surface area (Å²) >= 11 is 1.13. The Balaban J connectivity index is 0.00000882. The number of likely N-dealkylation sites (N-methyl/N-ethyl adjacent to an activating group) is 1. The molecule has 6 unspecified atom stereocenters. The number of unbranched alkanes of at least 4 members (excludes halogenated alkanes) is 7. The van der Waals surface area contributed by atoms with Crippen LogP contribution in [-0.2, 0) is 33.8 Å². The van der Waals surface area contributed by atoms with E-state index in [1.165, 1.54) is 24.3 Å². The number of amides is 2. The molecule has 4 fully saturated rings. The number of hydrogen-bond donors (Lipinski definition) is 2. The Morgan fingerprint density at radius 1 is 0.841 bits per heavy atom. The van der Waals surface area contributed by atoms with Gasteiger partial charge in [0.2, 0.25) is 11.8 Å². The smallest absolute Gasteiger partial charge is 0.748 e. The van der Waals surface area contributed by atoms with Gasteiger partial charge in [0.1, 0.15) is 19.6 Å².